The number of hydrogen-bond acceptors (Lipinski definition) is 4. The maximum Gasteiger partial charge on any atom is 0.119 e. The van der Waals surface area contributed by atoms with Gasteiger partial charge in [-0.15, -0.1) is 0 Å². The Kier molecular flexibility index (Phi) is 3.58. The third-order valence-corrected chi connectivity index (χ3v) is 3.77. The quantitative estimate of drug-likeness (QED) is 0.750. The van der Waals surface area contributed by atoms with Gasteiger partial charge in [0.2, 0.25) is 0 Å². The first-order chi connectivity index (χ1) is 9.78. The molecule has 0 amide bonds. The van der Waals surface area contributed by atoms with Gasteiger partial charge in [0.15, 0.2) is 0 Å². The smallest absolute Gasteiger partial charge is 0.119 e. The fourth-order valence-electron chi connectivity index (χ4n) is 2.67. The zero-order chi connectivity index (χ0) is 13.9. The van der Waals surface area contributed by atoms with Crippen LogP contribution >= 0.6 is 0 Å². The van der Waals surface area contributed by atoms with Crippen molar-refractivity contribution in [3.8, 4) is 5.75 Å². The Hall–Kier alpha value is -2.04. The number of nitrogen functional groups attached to an aromatic ring is 1. The van der Waals surface area contributed by atoms with Crippen molar-refractivity contribution < 1.29 is 4.74 Å². The molecule has 1 aliphatic rings. The second-order valence-electron chi connectivity index (χ2n) is 5.04. The van der Waals surface area contributed by atoms with Crippen molar-refractivity contribution in [3.63, 3.8) is 0 Å². The number of ether oxygens (including phenoxy) is 1. The van der Waals surface area contributed by atoms with Crippen LogP contribution in [-0.4, -0.2) is 7.11 Å². The number of hydrogen-bond donors (Lipinski definition) is 3. The Balaban J connectivity index is 1.78. The number of hydrazine groups is 1. The average Bonchev–Trinajstić information content (AvgIpc) is 2.97. The van der Waals surface area contributed by atoms with Gasteiger partial charge in [0, 0.05) is 11.7 Å². The molecule has 0 bridgehead atoms. The Morgan fingerprint density at radius 3 is 2.65 bits per heavy atom. The van der Waals surface area contributed by atoms with Crippen LogP contribution in [0.1, 0.15) is 29.6 Å². The molecule has 3 rings (SSSR count). The minimum atomic E-state index is 0.229. The number of benzene rings is 2. The van der Waals surface area contributed by atoms with Crippen molar-refractivity contribution in [1.29, 1.82) is 0 Å². The summed E-state index contributed by atoms with van der Waals surface area (Å²) < 4.78 is 5.28. The van der Waals surface area contributed by atoms with Crippen LogP contribution in [0.4, 0.5) is 5.69 Å². The van der Waals surface area contributed by atoms with Crippen LogP contribution < -0.4 is 21.3 Å². The molecule has 0 spiro atoms. The lowest BCUT2D eigenvalue weighted by molar-refractivity contribution is 0.413. The number of rotatable bonds is 3. The lowest BCUT2D eigenvalue weighted by Gasteiger charge is -2.12. The average molecular weight is 269 g/mol. The molecule has 0 radical (unpaired) electrons. The van der Waals surface area contributed by atoms with Gasteiger partial charge in [-0.05, 0) is 35.7 Å². The molecule has 2 aromatic carbocycles. The van der Waals surface area contributed by atoms with Gasteiger partial charge in [-0.25, -0.2) is 10.9 Å². The second-order valence-corrected chi connectivity index (χ2v) is 5.04. The number of anilines is 1. The van der Waals surface area contributed by atoms with E-state index in [1.165, 1.54) is 5.56 Å². The molecule has 4 N–H and O–H groups in total. The van der Waals surface area contributed by atoms with Gasteiger partial charge in [0.05, 0.1) is 13.2 Å². The lowest BCUT2D eigenvalue weighted by atomic mass is 9.97. The predicted molar refractivity (Wildman–Crippen MR) is 80.2 cm³/mol. The van der Waals surface area contributed by atoms with Crippen molar-refractivity contribution >= 4 is 5.69 Å². The minimum absolute atomic E-state index is 0.229. The van der Waals surface area contributed by atoms with E-state index in [9.17, 15) is 0 Å². The first-order valence-corrected chi connectivity index (χ1v) is 6.77. The van der Waals surface area contributed by atoms with E-state index >= 15 is 0 Å². The SMILES string of the molecule is COc1cccc(C2CC(c3ccccc3N)NN2)c1. The first-order valence-electron chi connectivity index (χ1n) is 6.77. The number of nitrogens with one attached hydrogen (secondary N) is 2. The maximum absolute atomic E-state index is 6.04. The highest BCUT2D eigenvalue weighted by Crippen LogP contribution is 2.33. The van der Waals surface area contributed by atoms with Gasteiger partial charge in [0.1, 0.15) is 5.75 Å². The molecule has 4 heteroatoms. The molecule has 4 nitrogen and oxygen atoms in total. The summed E-state index contributed by atoms with van der Waals surface area (Å²) >= 11 is 0. The van der Waals surface area contributed by atoms with E-state index in [0.717, 1.165) is 23.4 Å². The van der Waals surface area contributed by atoms with Gasteiger partial charge in [-0.3, -0.25) is 0 Å². The van der Waals surface area contributed by atoms with E-state index in [1.807, 2.05) is 30.3 Å². The summed E-state index contributed by atoms with van der Waals surface area (Å²) in [4.78, 5) is 0. The van der Waals surface area contributed by atoms with Crippen LogP contribution in [0, 0.1) is 0 Å². The van der Waals surface area contributed by atoms with Gasteiger partial charge in [0.25, 0.3) is 0 Å². The Morgan fingerprint density at radius 1 is 1.05 bits per heavy atom. The van der Waals surface area contributed by atoms with E-state index in [2.05, 4.69) is 29.1 Å². The monoisotopic (exact) mass is 269 g/mol. The van der Waals surface area contributed by atoms with E-state index in [-0.39, 0.29) is 12.1 Å². The van der Waals surface area contributed by atoms with Crippen molar-refractivity contribution in [2.75, 3.05) is 12.8 Å². The normalized spacial score (nSPS) is 21.9. The fourth-order valence-corrected chi connectivity index (χ4v) is 2.67. The van der Waals surface area contributed by atoms with Crippen LogP contribution in [-0.2, 0) is 0 Å². The van der Waals surface area contributed by atoms with Crippen molar-refractivity contribution in [2.24, 2.45) is 0 Å². The van der Waals surface area contributed by atoms with Gasteiger partial charge < -0.3 is 10.5 Å². The van der Waals surface area contributed by atoms with Crippen molar-refractivity contribution in [1.82, 2.24) is 10.9 Å². The topological polar surface area (TPSA) is 59.3 Å². The largest absolute Gasteiger partial charge is 0.497 e. The summed E-state index contributed by atoms with van der Waals surface area (Å²) in [7, 11) is 1.69. The van der Waals surface area contributed by atoms with Crippen LogP contribution in [0.2, 0.25) is 0 Å². The summed E-state index contributed by atoms with van der Waals surface area (Å²) in [6, 6.07) is 16.6. The Morgan fingerprint density at radius 2 is 1.85 bits per heavy atom. The van der Waals surface area contributed by atoms with Gasteiger partial charge in [-0.2, -0.15) is 0 Å². The molecular weight excluding hydrogens is 250 g/mol. The molecule has 2 unspecified atom stereocenters. The summed E-state index contributed by atoms with van der Waals surface area (Å²) in [6.45, 7) is 0. The minimum Gasteiger partial charge on any atom is -0.497 e. The van der Waals surface area contributed by atoms with Crippen molar-refractivity contribution in [3.05, 3.63) is 59.7 Å². The Bertz CT molecular complexity index is 600. The van der Waals surface area contributed by atoms with Crippen LogP contribution in [0.5, 0.6) is 5.75 Å². The summed E-state index contributed by atoms with van der Waals surface area (Å²) in [5.74, 6) is 0.881. The standard InChI is InChI=1S/C16H19N3O/c1-20-12-6-4-5-11(9-12)15-10-16(19-18-15)13-7-2-3-8-14(13)17/h2-9,15-16,18-19H,10,17H2,1H3. The summed E-state index contributed by atoms with van der Waals surface area (Å²) in [6.07, 6.45) is 0.960. The molecule has 0 aromatic heterocycles. The highest BCUT2D eigenvalue weighted by Gasteiger charge is 2.27. The molecular formula is C16H19N3O. The summed E-state index contributed by atoms with van der Waals surface area (Å²) in [5.41, 5.74) is 15.9. The predicted octanol–water partition coefficient (Wildman–Crippen LogP) is 2.56. The third-order valence-electron chi connectivity index (χ3n) is 3.77. The highest BCUT2D eigenvalue weighted by atomic mass is 16.5. The first kappa shape index (κ1) is 13.0. The third kappa shape index (κ3) is 2.48. The van der Waals surface area contributed by atoms with E-state index in [1.54, 1.807) is 7.11 Å². The molecule has 1 saturated heterocycles. The number of para-hydroxylation sites is 1. The molecule has 1 aliphatic heterocycles. The maximum atomic E-state index is 6.04. The molecule has 2 aromatic rings. The van der Waals surface area contributed by atoms with Crippen LogP contribution in [0.3, 0.4) is 0 Å². The fraction of sp³-hybridized carbons (Fsp3) is 0.250. The molecule has 1 fully saturated rings. The second kappa shape index (κ2) is 5.53. The molecule has 2 atom stereocenters. The van der Waals surface area contributed by atoms with Crippen LogP contribution in [0.25, 0.3) is 0 Å². The van der Waals surface area contributed by atoms with E-state index in [4.69, 9.17) is 10.5 Å². The molecule has 1 heterocycles. The Labute approximate surface area is 118 Å². The zero-order valence-electron chi connectivity index (χ0n) is 11.5. The zero-order valence-corrected chi connectivity index (χ0v) is 11.5. The van der Waals surface area contributed by atoms with Gasteiger partial charge >= 0.3 is 0 Å². The lowest BCUT2D eigenvalue weighted by Crippen LogP contribution is -2.27. The number of nitrogens with two attached hydrogens (primary N) is 1. The van der Waals surface area contributed by atoms with Crippen LogP contribution in [0.15, 0.2) is 48.5 Å². The van der Waals surface area contributed by atoms with E-state index < -0.39 is 0 Å². The summed E-state index contributed by atoms with van der Waals surface area (Å²) in [5, 5.41) is 0. The van der Waals surface area contributed by atoms with Crippen molar-refractivity contribution in [2.45, 2.75) is 18.5 Å². The number of methoxy groups -OCH3 is 1. The molecule has 104 valence electrons. The van der Waals surface area contributed by atoms with Gasteiger partial charge in [-0.1, -0.05) is 30.3 Å². The molecule has 0 saturated carbocycles. The molecule has 0 aliphatic carbocycles. The highest BCUT2D eigenvalue weighted by molar-refractivity contribution is 5.48. The molecule has 20 heavy (non-hydrogen) atoms. The van der Waals surface area contributed by atoms with E-state index in [0.29, 0.717) is 0 Å².